The molecule has 222 valence electrons. The molecule has 0 amide bonds. The maximum atomic E-state index is 12.6. The Bertz CT molecular complexity index is 922. The summed E-state index contributed by atoms with van der Waals surface area (Å²) in [5, 5.41) is 19.5. The molecule has 1 aliphatic carbocycles. The minimum atomic E-state index is -0.984. The molecule has 0 saturated heterocycles. The van der Waals surface area contributed by atoms with Crippen LogP contribution in [0.25, 0.3) is 0 Å². The van der Waals surface area contributed by atoms with Gasteiger partial charge >= 0.3 is 17.9 Å². The van der Waals surface area contributed by atoms with E-state index in [9.17, 15) is 24.6 Å². The third kappa shape index (κ3) is 13.7. The second-order valence-electron chi connectivity index (χ2n) is 9.31. The van der Waals surface area contributed by atoms with Crippen LogP contribution in [0.4, 0.5) is 0 Å². The second-order valence-corrected chi connectivity index (χ2v) is 9.31. The van der Waals surface area contributed by atoms with Crippen LogP contribution < -0.4 is 9.47 Å². The van der Waals surface area contributed by atoms with Gasteiger partial charge in [0, 0.05) is 25.4 Å². The zero-order valence-electron chi connectivity index (χ0n) is 22.7. The van der Waals surface area contributed by atoms with Crippen LogP contribution >= 0.6 is 0 Å². The van der Waals surface area contributed by atoms with Crippen LogP contribution in [0, 0.1) is 5.92 Å². The lowest BCUT2D eigenvalue weighted by Gasteiger charge is -2.27. The molecule has 1 aromatic carbocycles. The number of unbranched alkanes of at least 4 members (excludes halogenated alkanes) is 1. The molecule has 1 aliphatic rings. The molecule has 2 rings (SSSR count). The number of ether oxygens (including phenoxy) is 6. The highest BCUT2D eigenvalue weighted by molar-refractivity contribution is 5.81. The standard InChI is InChI=1S/C29H40O11/c1-3-27(32)38-19-22(30)17-35-15-5-6-16-36-24-9-7-21(8-10-24)29(34)40-26-13-11-25(12-14-26)37-18-23(31)20-39-28(33)4-2/h3-4,11-14,21-24,30-31H,1-2,5-10,15-20H2. The molecule has 2 unspecified atom stereocenters. The van der Waals surface area contributed by atoms with E-state index in [0.717, 1.165) is 37.8 Å². The number of aliphatic hydroxyl groups excluding tert-OH is 2. The molecule has 11 nitrogen and oxygen atoms in total. The quantitative estimate of drug-likeness (QED) is 0.111. The van der Waals surface area contributed by atoms with E-state index >= 15 is 0 Å². The Hall–Kier alpha value is -3.25. The molecule has 0 aliphatic heterocycles. The third-order valence-corrected chi connectivity index (χ3v) is 6.01. The maximum Gasteiger partial charge on any atom is 0.330 e. The number of carbonyl (C=O) groups is 3. The van der Waals surface area contributed by atoms with Crippen LogP contribution in [-0.4, -0.2) is 86.1 Å². The summed E-state index contributed by atoms with van der Waals surface area (Å²) in [4.78, 5) is 34.6. The largest absolute Gasteiger partial charge is 0.491 e. The van der Waals surface area contributed by atoms with Gasteiger partial charge in [0.15, 0.2) is 0 Å². The molecule has 1 aromatic rings. The highest BCUT2D eigenvalue weighted by atomic mass is 16.6. The van der Waals surface area contributed by atoms with Crippen LogP contribution in [-0.2, 0) is 33.3 Å². The van der Waals surface area contributed by atoms with Gasteiger partial charge in [-0.15, -0.1) is 0 Å². The van der Waals surface area contributed by atoms with Crippen LogP contribution in [0.15, 0.2) is 49.6 Å². The predicted octanol–water partition coefficient (Wildman–Crippen LogP) is 2.52. The monoisotopic (exact) mass is 564 g/mol. The van der Waals surface area contributed by atoms with Crippen molar-refractivity contribution in [1.29, 1.82) is 0 Å². The molecule has 1 fully saturated rings. The zero-order valence-corrected chi connectivity index (χ0v) is 22.7. The number of hydrogen-bond donors (Lipinski definition) is 2. The second kappa shape index (κ2) is 18.9. The van der Waals surface area contributed by atoms with E-state index in [4.69, 9.17) is 28.4 Å². The summed E-state index contributed by atoms with van der Waals surface area (Å²) in [5.41, 5.74) is 0. The van der Waals surface area contributed by atoms with Crippen LogP contribution in [0.5, 0.6) is 11.5 Å². The van der Waals surface area contributed by atoms with Gasteiger partial charge in [0.2, 0.25) is 0 Å². The number of hydrogen-bond acceptors (Lipinski definition) is 11. The van der Waals surface area contributed by atoms with Crippen molar-refractivity contribution in [2.75, 3.05) is 39.6 Å². The van der Waals surface area contributed by atoms with Gasteiger partial charge in [0.25, 0.3) is 0 Å². The first-order valence-corrected chi connectivity index (χ1v) is 13.4. The molecule has 0 spiro atoms. The van der Waals surface area contributed by atoms with Crippen molar-refractivity contribution in [3.8, 4) is 11.5 Å². The maximum absolute atomic E-state index is 12.6. The molecule has 1 saturated carbocycles. The first kappa shape index (κ1) is 33.0. The first-order valence-electron chi connectivity index (χ1n) is 13.4. The summed E-state index contributed by atoms with van der Waals surface area (Å²) in [6.07, 6.45) is 4.84. The molecule has 11 heteroatoms. The lowest BCUT2D eigenvalue weighted by atomic mass is 9.87. The molecule has 2 atom stereocenters. The van der Waals surface area contributed by atoms with Crippen LogP contribution in [0.3, 0.4) is 0 Å². The van der Waals surface area contributed by atoms with Gasteiger partial charge in [-0.3, -0.25) is 4.79 Å². The van der Waals surface area contributed by atoms with E-state index in [1.807, 2.05) is 0 Å². The van der Waals surface area contributed by atoms with Gasteiger partial charge in [-0.25, -0.2) is 9.59 Å². The number of rotatable bonds is 19. The fraction of sp³-hybridized carbons (Fsp3) is 0.552. The lowest BCUT2D eigenvalue weighted by Crippen LogP contribution is -2.29. The molecule has 0 radical (unpaired) electrons. The Morgan fingerprint density at radius 2 is 1.35 bits per heavy atom. The van der Waals surface area contributed by atoms with E-state index in [0.29, 0.717) is 37.6 Å². The van der Waals surface area contributed by atoms with Crippen LogP contribution in [0.1, 0.15) is 38.5 Å². The fourth-order valence-electron chi connectivity index (χ4n) is 3.81. The fourth-order valence-corrected chi connectivity index (χ4v) is 3.81. The average molecular weight is 565 g/mol. The summed E-state index contributed by atoms with van der Waals surface area (Å²) >= 11 is 0. The molecule has 40 heavy (non-hydrogen) atoms. The van der Waals surface area contributed by atoms with Crippen molar-refractivity contribution in [2.45, 2.75) is 56.8 Å². The molecule has 0 bridgehead atoms. The smallest absolute Gasteiger partial charge is 0.330 e. The van der Waals surface area contributed by atoms with Gasteiger partial charge in [0.05, 0.1) is 18.6 Å². The van der Waals surface area contributed by atoms with Crippen molar-refractivity contribution in [1.82, 2.24) is 0 Å². The number of carbonyl (C=O) groups excluding carboxylic acids is 3. The molecular weight excluding hydrogens is 524 g/mol. The Balaban J connectivity index is 1.53. The summed E-state index contributed by atoms with van der Waals surface area (Å²) in [5.74, 6) is -0.779. The molecular formula is C29H40O11. The summed E-state index contributed by atoms with van der Waals surface area (Å²) < 4.78 is 31.8. The van der Waals surface area contributed by atoms with E-state index < -0.39 is 24.1 Å². The molecule has 2 N–H and O–H groups in total. The summed E-state index contributed by atoms with van der Waals surface area (Å²) in [7, 11) is 0. The molecule has 0 heterocycles. The highest BCUT2D eigenvalue weighted by Gasteiger charge is 2.28. The summed E-state index contributed by atoms with van der Waals surface area (Å²) in [6, 6.07) is 6.50. The van der Waals surface area contributed by atoms with Gasteiger partial charge in [-0.2, -0.15) is 0 Å². The van der Waals surface area contributed by atoms with Crippen molar-refractivity contribution in [2.24, 2.45) is 5.92 Å². The lowest BCUT2D eigenvalue weighted by molar-refractivity contribution is -0.142. The normalized spacial score (nSPS) is 18.1. The number of aliphatic hydroxyl groups is 2. The van der Waals surface area contributed by atoms with E-state index in [1.165, 1.54) is 0 Å². The minimum Gasteiger partial charge on any atom is -0.491 e. The first-order chi connectivity index (χ1) is 19.3. The Morgan fingerprint density at radius 1 is 0.800 bits per heavy atom. The van der Waals surface area contributed by atoms with E-state index in [1.54, 1.807) is 24.3 Å². The predicted molar refractivity (Wildman–Crippen MR) is 144 cm³/mol. The van der Waals surface area contributed by atoms with Gasteiger partial charge in [-0.05, 0) is 62.8 Å². The molecule has 0 aromatic heterocycles. The van der Waals surface area contributed by atoms with Gasteiger partial charge in [-0.1, -0.05) is 13.2 Å². The topological polar surface area (TPSA) is 147 Å². The Morgan fingerprint density at radius 3 is 1.95 bits per heavy atom. The Kier molecular flexibility index (Phi) is 15.6. The average Bonchev–Trinajstić information content (AvgIpc) is 2.97. The SMILES string of the molecule is C=CC(=O)OCC(O)COCCCCOC1CCC(C(=O)Oc2ccc(OCC(O)COC(=O)C=C)cc2)CC1. The van der Waals surface area contributed by atoms with Crippen molar-refractivity contribution in [3.05, 3.63) is 49.6 Å². The third-order valence-electron chi connectivity index (χ3n) is 6.01. The van der Waals surface area contributed by atoms with Crippen LogP contribution in [0.2, 0.25) is 0 Å². The highest BCUT2D eigenvalue weighted by Crippen LogP contribution is 2.28. The zero-order chi connectivity index (χ0) is 29.2. The van der Waals surface area contributed by atoms with Gasteiger partial charge < -0.3 is 38.6 Å². The van der Waals surface area contributed by atoms with Crippen molar-refractivity contribution >= 4 is 17.9 Å². The van der Waals surface area contributed by atoms with Crippen molar-refractivity contribution < 1.29 is 53.0 Å². The minimum absolute atomic E-state index is 0.0661. The number of benzene rings is 1. The van der Waals surface area contributed by atoms with E-state index in [-0.39, 0.29) is 44.4 Å². The Labute approximate surface area is 234 Å². The van der Waals surface area contributed by atoms with Gasteiger partial charge in [0.1, 0.15) is 43.5 Å². The summed E-state index contributed by atoms with van der Waals surface area (Å²) in [6.45, 7) is 7.31. The number of esters is 3. The van der Waals surface area contributed by atoms with E-state index in [2.05, 4.69) is 13.2 Å². The van der Waals surface area contributed by atoms with Crippen molar-refractivity contribution in [3.63, 3.8) is 0 Å².